The molecule has 7 nitrogen and oxygen atoms in total. The number of hydrogen-bond acceptors (Lipinski definition) is 6. The second-order valence-corrected chi connectivity index (χ2v) is 6.38. The van der Waals surface area contributed by atoms with Crippen LogP contribution in [0.2, 0.25) is 0 Å². The van der Waals surface area contributed by atoms with E-state index >= 15 is 0 Å². The van der Waals surface area contributed by atoms with Crippen LogP contribution in [0.4, 0.5) is 10.1 Å². The van der Waals surface area contributed by atoms with Gasteiger partial charge in [0, 0.05) is 30.6 Å². The third-order valence-corrected chi connectivity index (χ3v) is 4.72. The molecule has 0 saturated carbocycles. The molecule has 0 bridgehead atoms. The summed E-state index contributed by atoms with van der Waals surface area (Å²) < 4.78 is 29.6. The topological polar surface area (TPSA) is 77.7 Å². The number of rotatable bonds is 5. The Kier molecular flexibility index (Phi) is 4.68. The fraction of sp³-hybridized carbons (Fsp3) is 0.250. The van der Waals surface area contributed by atoms with Gasteiger partial charge in [0.1, 0.15) is 5.75 Å². The number of carbonyl (C=O) groups excluding carboxylic acids is 1. The van der Waals surface area contributed by atoms with Gasteiger partial charge >= 0.3 is 0 Å². The molecule has 1 amide bonds. The quantitative estimate of drug-likeness (QED) is 0.672. The third kappa shape index (κ3) is 3.17. The van der Waals surface area contributed by atoms with Crippen molar-refractivity contribution >= 4 is 11.6 Å². The van der Waals surface area contributed by atoms with Gasteiger partial charge in [-0.1, -0.05) is 17.3 Å². The second-order valence-electron chi connectivity index (χ2n) is 6.38. The Balaban J connectivity index is 1.56. The van der Waals surface area contributed by atoms with Crippen molar-refractivity contribution in [1.82, 2.24) is 10.1 Å². The Hall–Kier alpha value is -3.42. The monoisotopic (exact) mass is 383 g/mol. The summed E-state index contributed by atoms with van der Waals surface area (Å²) in [5.74, 6) is 0.624. The minimum atomic E-state index is -0.519. The molecule has 4 rings (SSSR count). The zero-order chi connectivity index (χ0) is 19.7. The number of hydrogen-bond donors (Lipinski definition) is 0. The number of benzene rings is 2. The molecular formula is C20H18FN3O4. The summed E-state index contributed by atoms with van der Waals surface area (Å²) in [6.07, 6.45) is 0.221. The molecule has 0 aliphatic carbocycles. The van der Waals surface area contributed by atoms with E-state index in [1.165, 1.54) is 24.1 Å². The molecule has 1 atom stereocenters. The van der Waals surface area contributed by atoms with Crippen molar-refractivity contribution < 1.29 is 23.2 Å². The molecule has 144 valence electrons. The number of anilines is 1. The standard InChI is InChI=1S/C20H18FN3O4/c1-26-16-6-4-3-5-14(16)20-22-19(23-28-20)12-9-18(25)24(11-12)13-7-8-17(27-2)15(21)10-13/h3-8,10,12H,9,11H2,1-2H3. The molecule has 0 N–H and O–H groups in total. The molecule has 1 aliphatic rings. The molecule has 1 fully saturated rings. The van der Waals surface area contributed by atoms with E-state index in [0.717, 1.165) is 0 Å². The molecule has 1 unspecified atom stereocenters. The summed E-state index contributed by atoms with van der Waals surface area (Å²) in [7, 11) is 2.96. The number of nitrogens with zero attached hydrogens (tertiary/aromatic N) is 3. The zero-order valence-corrected chi connectivity index (χ0v) is 15.4. The maximum atomic E-state index is 14.0. The summed E-state index contributed by atoms with van der Waals surface area (Å²) in [5, 5.41) is 4.04. The van der Waals surface area contributed by atoms with E-state index in [0.29, 0.717) is 35.3 Å². The first-order chi connectivity index (χ1) is 13.6. The molecule has 2 aromatic carbocycles. The van der Waals surface area contributed by atoms with Gasteiger partial charge in [-0.05, 0) is 24.3 Å². The number of methoxy groups -OCH3 is 2. The molecule has 28 heavy (non-hydrogen) atoms. The zero-order valence-electron chi connectivity index (χ0n) is 15.4. The number of carbonyl (C=O) groups is 1. The highest BCUT2D eigenvalue weighted by molar-refractivity contribution is 5.96. The molecule has 8 heteroatoms. The van der Waals surface area contributed by atoms with Gasteiger partial charge in [0.05, 0.1) is 19.8 Å². The first kappa shape index (κ1) is 18.0. The van der Waals surface area contributed by atoms with E-state index in [4.69, 9.17) is 14.0 Å². The van der Waals surface area contributed by atoms with Crippen LogP contribution >= 0.6 is 0 Å². The lowest BCUT2D eigenvalue weighted by atomic mass is 10.1. The van der Waals surface area contributed by atoms with Crippen LogP contribution < -0.4 is 14.4 Å². The molecule has 3 aromatic rings. The predicted molar refractivity (Wildman–Crippen MR) is 98.9 cm³/mol. The molecule has 1 aromatic heterocycles. The van der Waals surface area contributed by atoms with E-state index < -0.39 is 5.82 Å². The van der Waals surface area contributed by atoms with Crippen LogP contribution in [-0.2, 0) is 4.79 Å². The van der Waals surface area contributed by atoms with Crippen LogP contribution in [0.15, 0.2) is 47.0 Å². The maximum Gasteiger partial charge on any atom is 0.261 e. The van der Waals surface area contributed by atoms with E-state index in [9.17, 15) is 9.18 Å². The third-order valence-electron chi connectivity index (χ3n) is 4.72. The number of halogens is 1. The number of amides is 1. The number of ether oxygens (including phenoxy) is 2. The smallest absolute Gasteiger partial charge is 0.261 e. The molecule has 0 radical (unpaired) electrons. The second kappa shape index (κ2) is 7.30. The molecule has 1 saturated heterocycles. The van der Waals surface area contributed by atoms with Crippen LogP contribution in [0.1, 0.15) is 18.2 Å². The van der Waals surface area contributed by atoms with Crippen LogP contribution in [0, 0.1) is 5.82 Å². The van der Waals surface area contributed by atoms with Crippen molar-refractivity contribution in [3.05, 3.63) is 54.1 Å². The van der Waals surface area contributed by atoms with Crippen molar-refractivity contribution in [2.24, 2.45) is 0 Å². The lowest BCUT2D eigenvalue weighted by molar-refractivity contribution is -0.117. The van der Waals surface area contributed by atoms with Crippen LogP contribution in [-0.4, -0.2) is 36.8 Å². The first-order valence-corrected chi connectivity index (χ1v) is 8.71. The lowest BCUT2D eigenvalue weighted by Gasteiger charge is -2.16. The molecular weight excluding hydrogens is 365 g/mol. The normalized spacial score (nSPS) is 16.5. The number of aromatic nitrogens is 2. The summed E-state index contributed by atoms with van der Waals surface area (Å²) >= 11 is 0. The Bertz CT molecular complexity index is 1020. The fourth-order valence-corrected chi connectivity index (χ4v) is 3.28. The van der Waals surface area contributed by atoms with E-state index in [2.05, 4.69) is 10.1 Å². The van der Waals surface area contributed by atoms with Crippen molar-refractivity contribution in [3.8, 4) is 23.0 Å². The van der Waals surface area contributed by atoms with Gasteiger partial charge in [0.15, 0.2) is 17.4 Å². The summed E-state index contributed by atoms with van der Waals surface area (Å²) in [6.45, 7) is 0.343. The lowest BCUT2D eigenvalue weighted by Crippen LogP contribution is -2.24. The first-order valence-electron chi connectivity index (χ1n) is 8.71. The fourth-order valence-electron chi connectivity index (χ4n) is 3.28. The Morgan fingerprint density at radius 2 is 1.93 bits per heavy atom. The maximum absolute atomic E-state index is 14.0. The Morgan fingerprint density at radius 1 is 1.14 bits per heavy atom. The SMILES string of the molecule is COc1ccc(N2CC(c3noc(-c4ccccc4OC)n3)CC2=O)cc1F. The van der Waals surface area contributed by atoms with E-state index in [1.54, 1.807) is 19.2 Å². The average molecular weight is 383 g/mol. The van der Waals surface area contributed by atoms with Gasteiger partial charge in [-0.2, -0.15) is 4.98 Å². The summed E-state index contributed by atoms with van der Waals surface area (Å²) in [4.78, 5) is 18.4. The van der Waals surface area contributed by atoms with E-state index in [1.807, 2.05) is 18.2 Å². The minimum Gasteiger partial charge on any atom is -0.496 e. The van der Waals surface area contributed by atoms with Gasteiger partial charge in [-0.3, -0.25) is 4.79 Å². The van der Waals surface area contributed by atoms with Crippen LogP contribution in [0.3, 0.4) is 0 Å². The highest BCUT2D eigenvalue weighted by Crippen LogP contribution is 2.34. The van der Waals surface area contributed by atoms with Gasteiger partial charge in [0.2, 0.25) is 5.91 Å². The number of para-hydroxylation sites is 1. The largest absolute Gasteiger partial charge is 0.496 e. The average Bonchev–Trinajstić information content (AvgIpc) is 3.34. The van der Waals surface area contributed by atoms with Gasteiger partial charge < -0.3 is 18.9 Å². The predicted octanol–water partition coefficient (Wildman–Crippen LogP) is 3.41. The minimum absolute atomic E-state index is 0.127. The Morgan fingerprint density at radius 3 is 2.68 bits per heavy atom. The molecule has 2 heterocycles. The van der Waals surface area contributed by atoms with Gasteiger partial charge in [-0.25, -0.2) is 4.39 Å². The van der Waals surface area contributed by atoms with Crippen LogP contribution in [0.5, 0.6) is 11.5 Å². The van der Waals surface area contributed by atoms with Crippen molar-refractivity contribution in [2.45, 2.75) is 12.3 Å². The van der Waals surface area contributed by atoms with Crippen LogP contribution in [0.25, 0.3) is 11.5 Å². The van der Waals surface area contributed by atoms with Gasteiger partial charge in [0.25, 0.3) is 5.89 Å². The summed E-state index contributed by atoms with van der Waals surface area (Å²) in [5.41, 5.74) is 1.15. The highest BCUT2D eigenvalue weighted by atomic mass is 19.1. The molecule has 1 aliphatic heterocycles. The van der Waals surface area contributed by atoms with Crippen molar-refractivity contribution in [2.75, 3.05) is 25.7 Å². The van der Waals surface area contributed by atoms with E-state index in [-0.39, 0.29) is 24.0 Å². The Labute approximate surface area is 160 Å². The van der Waals surface area contributed by atoms with Crippen molar-refractivity contribution in [3.63, 3.8) is 0 Å². The molecule has 0 spiro atoms. The highest BCUT2D eigenvalue weighted by Gasteiger charge is 2.35. The van der Waals surface area contributed by atoms with Crippen molar-refractivity contribution in [1.29, 1.82) is 0 Å². The van der Waals surface area contributed by atoms with Gasteiger partial charge in [-0.15, -0.1) is 0 Å². The summed E-state index contributed by atoms with van der Waals surface area (Å²) in [6, 6.07) is 11.8.